The van der Waals surface area contributed by atoms with Crippen LogP contribution >= 0.6 is 0 Å². The summed E-state index contributed by atoms with van der Waals surface area (Å²) in [5.74, 6) is 0.601. The van der Waals surface area contributed by atoms with Crippen molar-refractivity contribution in [3.63, 3.8) is 0 Å². The Morgan fingerprint density at radius 3 is 2.50 bits per heavy atom. The zero-order valence-corrected chi connectivity index (χ0v) is 13.6. The van der Waals surface area contributed by atoms with Crippen LogP contribution < -0.4 is 0 Å². The summed E-state index contributed by atoms with van der Waals surface area (Å²) in [5.41, 5.74) is 2.58. The summed E-state index contributed by atoms with van der Waals surface area (Å²) in [4.78, 5) is 0.909. The van der Waals surface area contributed by atoms with Crippen molar-refractivity contribution in [1.29, 1.82) is 0 Å². The summed E-state index contributed by atoms with van der Waals surface area (Å²) in [6.07, 6.45) is 4.59. The molecule has 2 nitrogen and oxygen atoms in total. The van der Waals surface area contributed by atoms with Crippen LogP contribution in [0.5, 0.6) is 0 Å². The third-order valence-corrected chi connectivity index (χ3v) is 5.10. The Hall–Kier alpha value is -0.930. The fourth-order valence-corrected chi connectivity index (χ4v) is 3.27. The molecule has 1 aromatic rings. The van der Waals surface area contributed by atoms with Gasteiger partial charge < -0.3 is 4.74 Å². The molecule has 1 heterocycles. The number of ether oxygens (including phenoxy) is 1. The van der Waals surface area contributed by atoms with Gasteiger partial charge in [-0.15, -0.1) is 0 Å². The molecule has 1 aliphatic rings. The minimum absolute atomic E-state index is 0.0744. The van der Waals surface area contributed by atoms with Crippen molar-refractivity contribution in [2.45, 2.75) is 57.1 Å². The predicted octanol–water partition coefficient (Wildman–Crippen LogP) is 4.01. The number of rotatable bonds is 6. The lowest BCUT2D eigenvalue weighted by Gasteiger charge is -2.02. The second-order valence-electron chi connectivity index (χ2n) is 6.12. The molecule has 0 N–H and O–H groups in total. The highest BCUT2D eigenvalue weighted by atomic mass is 32.2. The topological polar surface area (TPSA) is 29.6 Å². The van der Waals surface area contributed by atoms with Gasteiger partial charge in [0.2, 0.25) is 0 Å². The van der Waals surface area contributed by atoms with Crippen LogP contribution in [0.15, 0.2) is 40.8 Å². The van der Waals surface area contributed by atoms with Crippen molar-refractivity contribution in [2.24, 2.45) is 0 Å². The van der Waals surface area contributed by atoms with Crippen LogP contribution in [-0.4, -0.2) is 21.7 Å². The molecule has 3 heteroatoms. The first-order valence-corrected chi connectivity index (χ1v) is 8.49. The van der Waals surface area contributed by atoms with Crippen LogP contribution in [-0.2, 0) is 15.5 Å². The average molecular weight is 292 g/mol. The van der Waals surface area contributed by atoms with Crippen LogP contribution in [0.25, 0.3) is 0 Å². The van der Waals surface area contributed by atoms with Crippen molar-refractivity contribution in [3.8, 4) is 0 Å². The molecule has 0 spiro atoms. The molecule has 1 saturated heterocycles. The Morgan fingerprint density at radius 2 is 1.95 bits per heavy atom. The maximum Gasteiger partial charge on any atom is 0.0892 e. The Kier molecular flexibility index (Phi) is 4.82. The maximum atomic E-state index is 12.2. The first-order valence-electron chi connectivity index (χ1n) is 7.17. The predicted molar refractivity (Wildman–Crippen MR) is 84.4 cm³/mol. The zero-order valence-electron chi connectivity index (χ0n) is 12.8. The monoisotopic (exact) mass is 292 g/mol. The van der Waals surface area contributed by atoms with Gasteiger partial charge in [0.15, 0.2) is 0 Å². The molecule has 0 aliphatic carbocycles. The van der Waals surface area contributed by atoms with Gasteiger partial charge in [-0.2, -0.15) is 0 Å². The Bertz CT molecular complexity index is 514. The highest BCUT2D eigenvalue weighted by Gasteiger charge is 2.46. The fraction of sp³-hybridized carbons (Fsp3) is 0.529. The lowest BCUT2D eigenvalue weighted by molar-refractivity contribution is 0.320. The molecule has 1 aliphatic heterocycles. The quantitative estimate of drug-likeness (QED) is 0.586. The second-order valence-corrected chi connectivity index (χ2v) is 7.62. The molecule has 0 aromatic heterocycles. The van der Waals surface area contributed by atoms with E-state index in [1.165, 1.54) is 11.1 Å². The van der Waals surface area contributed by atoms with Crippen molar-refractivity contribution in [3.05, 3.63) is 41.5 Å². The maximum absolute atomic E-state index is 12.2. The molecule has 0 radical (unpaired) electrons. The fourth-order valence-electron chi connectivity index (χ4n) is 2.20. The lowest BCUT2D eigenvalue weighted by atomic mass is 10.0. The zero-order chi connectivity index (χ0) is 14.8. The van der Waals surface area contributed by atoms with Crippen molar-refractivity contribution < 1.29 is 8.95 Å². The molecular formula is C17H24O2S. The number of hydrogen-bond donors (Lipinski definition) is 0. The minimum atomic E-state index is -0.934. The van der Waals surface area contributed by atoms with Gasteiger partial charge in [0.05, 0.1) is 22.5 Å². The molecule has 2 atom stereocenters. The molecule has 110 valence electrons. The van der Waals surface area contributed by atoms with E-state index >= 15 is 0 Å². The van der Waals surface area contributed by atoms with Crippen molar-refractivity contribution in [2.75, 3.05) is 5.75 Å². The number of aryl methyl sites for hydroxylation is 1. The average Bonchev–Trinajstić information content (AvgIpc) is 3.02. The van der Waals surface area contributed by atoms with E-state index in [0.29, 0.717) is 11.9 Å². The van der Waals surface area contributed by atoms with Gasteiger partial charge in [-0.1, -0.05) is 29.3 Å². The number of hydrogen-bond acceptors (Lipinski definition) is 2. The number of allylic oxidation sites excluding steroid dienone is 1. The Labute approximate surface area is 124 Å². The van der Waals surface area contributed by atoms with Gasteiger partial charge in [-0.25, -0.2) is 0 Å². The Balaban J connectivity index is 1.79. The molecular weight excluding hydrogens is 268 g/mol. The summed E-state index contributed by atoms with van der Waals surface area (Å²) in [6, 6.07) is 7.93. The first-order chi connectivity index (χ1) is 9.38. The van der Waals surface area contributed by atoms with E-state index in [4.69, 9.17) is 4.74 Å². The van der Waals surface area contributed by atoms with Crippen molar-refractivity contribution in [1.82, 2.24) is 0 Å². The van der Waals surface area contributed by atoms with Crippen molar-refractivity contribution >= 4 is 10.8 Å². The van der Waals surface area contributed by atoms with Gasteiger partial charge in [0.1, 0.15) is 0 Å². The Morgan fingerprint density at radius 1 is 1.35 bits per heavy atom. The van der Waals surface area contributed by atoms with E-state index < -0.39 is 10.8 Å². The highest BCUT2D eigenvalue weighted by molar-refractivity contribution is 7.85. The number of epoxide rings is 1. The molecule has 20 heavy (non-hydrogen) atoms. The van der Waals surface area contributed by atoms with Gasteiger partial charge in [-0.3, -0.25) is 4.21 Å². The highest BCUT2D eigenvalue weighted by Crippen LogP contribution is 2.38. The third kappa shape index (κ3) is 4.29. The van der Waals surface area contributed by atoms with Gasteiger partial charge in [0.25, 0.3) is 0 Å². The van der Waals surface area contributed by atoms with Crippen LogP contribution in [0.2, 0.25) is 0 Å². The molecule has 2 rings (SSSR count). The van der Waals surface area contributed by atoms with Gasteiger partial charge in [-0.05, 0) is 52.7 Å². The SMILES string of the molecule is CC(=CCS(=O)c1ccc(C)cc1)CCC1OC1(C)C. The smallest absolute Gasteiger partial charge is 0.0892 e. The van der Waals surface area contributed by atoms with Gasteiger partial charge in [0, 0.05) is 10.6 Å². The lowest BCUT2D eigenvalue weighted by Crippen LogP contribution is -2.03. The molecule has 1 fully saturated rings. The van der Waals surface area contributed by atoms with Crippen LogP contribution in [0.4, 0.5) is 0 Å². The normalized spacial score (nSPS) is 22.6. The second kappa shape index (κ2) is 6.23. The minimum Gasteiger partial charge on any atom is -0.367 e. The number of benzene rings is 1. The molecule has 0 bridgehead atoms. The third-order valence-electron chi connectivity index (χ3n) is 3.83. The van der Waals surface area contributed by atoms with Gasteiger partial charge >= 0.3 is 0 Å². The molecule has 1 aromatic carbocycles. The van der Waals surface area contributed by atoms with Crippen LogP contribution in [0, 0.1) is 6.92 Å². The molecule has 0 saturated carbocycles. The van der Waals surface area contributed by atoms with E-state index in [1.54, 1.807) is 0 Å². The summed E-state index contributed by atoms with van der Waals surface area (Å²) in [5, 5.41) is 0. The summed E-state index contributed by atoms with van der Waals surface area (Å²) >= 11 is 0. The van der Waals surface area contributed by atoms with E-state index in [-0.39, 0.29) is 5.60 Å². The standard InChI is InChI=1S/C17H24O2S/c1-13-5-8-15(9-6-13)20(18)12-11-14(2)7-10-16-17(3,4)19-16/h5-6,8-9,11,16H,7,10,12H2,1-4H3. The summed E-state index contributed by atoms with van der Waals surface area (Å²) < 4.78 is 17.7. The van der Waals surface area contributed by atoms with Crippen LogP contribution in [0.1, 0.15) is 39.2 Å². The summed E-state index contributed by atoms with van der Waals surface area (Å²) in [6.45, 7) is 8.41. The largest absolute Gasteiger partial charge is 0.367 e. The van der Waals surface area contributed by atoms with E-state index in [9.17, 15) is 4.21 Å². The van der Waals surface area contributed by atoms with E-state index in [2.05, 4.69) is 26.8 Å². The first kappa shape index (κ1) is 15.5. The van der Waals surface area contributed by atoms with E-state index in [1.807, 2.05) is 31.2 Å². The molecule has 2 unspecified atom stereocenters. The van der Waals surface area contributed by atoms with E-state index in [0.717, 1.165) is 17.7 Å². The summed E-state index contributed by atoms with van der Waals surface area (Å²) in [7, 11) is -0.934. The van der Waals surface area contributed by atoms with Crippen LogP contribution in [0.3, 0.4) is 0 Å². The molecule has 0 amide bonds.